The highest BCUT2D eigenvalue weighted by Crippen LogP contribution is 2.58. The van der Waals surface area contributed by atoms with Gasteiger partial charge in [0, 0.05) is 12.6 Å². The minimum absolute atomic E-state index is 0.0472. The van der Waals surface area contributed by atoms with Crippen molar-refractivity contribution in [2.75, 3.05) is 6.61 Å². The Balaban J connectivity index is 2.07. The topological polar surface area (TPSA) is 160 Å². The Hall–Kier alpha value is -0.460. The number of rotatable bonds is 6. The number of nitrogens with one attached hydrogen (secondary N) is 1. The zero-order valence-electron chi connectivity index (χ0n) is 12.1. The van der Waals surface area contributed by atoms with E-state index in [1.807, 2.05) is 0 Å². The molecule has 142 valence electrons. The number of nitrogens with zero attached hydrogens (tertiary/aromatic N) is 1. The number of aromatic nitrogens is 2. The fourth-order valence-electron chi connectivity index (χ4n) is 2.01. The number of H-pyrrole nitrogens is 1. The smallest absolute Gasteiger partial charge is 0.320 e. The monoisotopic (exact) mass is 440 g/mol. The van der Waals surface area contributed by atoms with Gasteiger partial charge in [-0.25, -0.2) is 13.5 Å². The van der Waals surface area contributed by atoms with Crippen molar-refractivity contribution in [1.82, 2.24) is 9.55 Å². The molecule has 1 aliphatic heterocycles. The number of hydrogen-bond donors (Lipinski definition) is 4. The molecule has 1 aromatic heterocycles. The summed E-state index contributed by atoms with van der Waals surface area (Å²) in [5.41, 5.74) is -0.633. The van der Waals surface area contributed by atoms with Gasteiger partial charge in [-0.15, -0.1) is 0 Å². The molecule has 1 saturated heterocycles. The molecule has 25 heavy (non-hydrogen) atoms. The van der Waals surface area contributed by atoms with E-state index in [0.717, 1.165) is 6.20 Å². The molecule has 1 fully saturated rings. The molecule has 0 radical (unpaired) electrons. The van der Waals surface area contributed by atoms with Gasteiger partial charge in [-0.1, -0.05) is 11.6 Å². The van der Waals surface area contributed by atoms with E-state index in [1.54, 1.807) is 0 Å². The number of aromatic amines is 1. The number of ether oxygens (including phenoxy) is 1. The minimum atomic E-state index is -5.31. The lowest BCUT2D eigenvalue weighted by atomic mass is 10.2. The highest BCUT2D eigenvalue weighted by molar-refractivity contribution is 7.71. The number of phosphoric ester groups is 1. The summed E-state index contributed by atoms with van der Waals surface area (Å²) < 4.78 is 50.4. The lowest BCUT2D eigenvalue weighted by Crippen LogP contribution is -2.29. The van der Waals surface area contributed by atoms with Crippen molar-refractivity contribution >= 4 is 39.5 Å². The second-order valence-corrected chi connectivity index (χ2v) is 8.58. The fraction of sp³-hybridized carbons (Fsp3) is 0.556. The van der Waals surface area contributed by atoms with E-state index in [9.17, 15) is 18.3 Å². The average molecular weight is 441 g/mol. The largest absolute Gasteiger partial charge is 0.481 e. The summed E-state index contributed by atoms with van der Waals surface area (Å²) in [6.07, 6.45) is -0.0952. The molecule has 2 rings (SSSR count). The Bertz CT molecular complexity index is 871. The van der Waals surface area contributed by atoms with Crippen LogP contribution in [-0.4, -0.2) is 36.7 Å². The van der Waals surface area contributed by atoms with Crippen molar-refractivity contribution < 1.29 is 41.8 Å². The summed E-state index contributed by atoms with van der Waals surface area (Å²) in [7, 11) is -10.5. The van der Waals surface area contributed by atoms with Crippen LogP contribution in [-0.2, 0) is 22.7 Å². The molecule has 1 aromatic rings. The Morgan fingerprint density at radius 2 is 2.16 bits per heavy atom. The van der Waals surface area contributed by atoms with Gasteiger partial charge in [0.2, 0.25) is 5.85 Å². The van der Waals surface area contributed by atoms with Crippen LogP contribution in [0.1, 0.15) is 19.1 Å². The Morgan fingerprint density at radius 3 is 2.76 bits per heavy atom. The van der Waals surface area contributed by atoms with Crippen LogP contribution >= 0.6 is 39.5 Å². The van der Waals surface area contributed by atoms with Crippen LogP contribution in [0.4, 0.5) is 4.39 Å². The number of alkyl halides is 1. The van der Waals surface area contributed by atoms with Crippen LogP contribution in [0.2, 0.25) is 5.02 Å². The second-order valence-electron chi connectivity index (χ2n) is 4.95. The summed E-state index contributed by atoms with van der Waals surface area (Å²) in [6.45, 7) is -1.14. The van der Waals surface area contributed by atoms with Crippen LogP contribution in [0, 0.1) is 4.77 Å². The van der Waals surface area contributed by atoms with Crippen molar-refractivity contribution in [3.8, 4) is 0 Å². The van der Waals surface area contributed by atoms with Gasteiger partial charge < -0.3 is 19.4 Å². The van der Waals surface area contributed by atoms with E-state index >= 15 is 0 Å². The molecule has 1 aliphatic rings. The summed E-state index contributed by atoms with van der Waals surface area (Å²) in [5, 5.41) is -0.209. The molecular formula is C9H12ClFN2O9P2S. The van der Waals surface area contributed by atoms with Gasteiger partial charge in [0.15, 0.2) is 4.77 Å². The second kappa shape index (κ2) is 7.28. The quantitative estimate of drug-likeness (QED) is 0.379. The fourth-order valence-corrected chi connectivity index (χ4v) is 4.05. The predicted octanol–water partition coefficient (Wildman–Crippen LogP) is 1.76. The third-order valence-corrected chi connectivity index (χ3v) is 5.71. The van der Waals surface area contributed by atoms with E-state index in [0.29, 0.717) is 0 Å². The highest BCUT2D eigenvalue weighted by Gasteiger charge is 2.44. The third kappa shape index (κ3) is 5.76. The normalized spacial score (nSPS) is 26.5. The summed E-state index contributed by atoms with van der Waals surface area (Å²) in [5.74, 6) is -2.56. The summed E-state index contributed by atoms with van der Waals surface area (Å²) in [4.78, 5) is 39.7. The SMILES string of the molecule is O=c1[nH]c(=S)n([C@H]2CC[C@@](F)(COP(=O)(O)OP(=O)(O)O)O2)cc1Cl. The van der Waals surface area contributed by atoms with E-state index in [-0.39, 0.29) is 22.6 Å². The molecule has 0 aromatic carbocycles. The molecule has 1 unspecified atom stereocenters. The predicted molar refractivity (Wildman–Crippen MR) is 83.0 cm³/mol. The van der Waals surface area contributed by atoms with Crippen LogP contribution in [0.3, 0.4) is 0 Å². The van der Waals surface area contributed by atoms with E-state index in [2.05, 4.69) is 13.8 Å². The molecule has 11 nitrogen and oxygen atoms in total. The molecule has 0 bridgehead atoms. The first-order chi connectivity index (χ1) is 11.3. The first-order valence-corrected chi connectivity index (χ1v) is 10.2. The van der Waals surface area contributed by atoms with Crippen molar-refractivity contribution in [2.24, 2.45) is 0 Å². The minimum Gasteiger partial charge on any atom is -0.320 e. The molecule has 0 spiro atoms. The summed E-state index contributed by atoms with van der Waals surface area (Å²) in [6, 6.07) is 0. The van der Waals surface area contributed by atoms with E-state index < -0.39 is 39.9 Å². The molecule has 0 saturated carbocycles. The molecule has 2 heterocycles. The van der Waals surface area contributed by atoms with Gasteiger partial charge in [0.25, 0.3) is 5.56 Å². The Labute approximate surface area is 149 Å². The van der Waals surface area contributed by atoms with E-state index in [4.69, 9.17) is 43.2 Å². The maximum Gasteiger partial charge on any atom is 0.481 e. The summed E-state index contributed by atoms with van der Waals surface area (Å²) >= 11 is 10.6. The lowest BCUT2D eigenvalue weighted by Gasteiger charge is -2.22. The molecule has 16 heteroatoms. The maximum atomic E-state index is 14.5. The molecule has 0 amide bonds. The Kier molecular flexibility index (Phi) is 6.07. The number of halogens is 2. The van der Waals surface area contributed by atoms with Crippen molar-refractivity contribution in [3.05, 3.63) is 26.3 Å². The first-order valence-electron chi connectivity index (χ1n) is 6.42. The van der Waals surface area contributed by atoms with Crippen LogP contribution in [0.15, 0.2) is 11.0 Å². The maximum absolute atomic E-state index is 14.5. The lowest BCUT2D eigenvalue weighted by molar-refractivity contribution is -0.174. The van der Waals surface area contributed by atoms with Gasteiger partial charge in [-0.2, -0.15) is 4.31 Å². The van der Waals surface area contributed by atoms with Gasteiger partial charge >= 0.3 is 15.6 Å². The average Bonchev–Trinajstić information content (AvgIpc) is 2.81. The van der Waals surface area contributed by atoms with Crippen molar-refractivity contribution in [2.45, 2.75) is 24.9 Å². The van der Waals surface area contributed by atoms with Crippen molar-refractivity contribution in [1.29, 1.82) is 0 Å². The van der Waals surface area contributed by atoms with Gasteiger partial charge in [0.1, 0.15) is 17.9 Å². The molecule has 3 atom stereocenters. The molecule has 0 aliphatic carbocycles. The van der Waals surface area contributed by atoms with Gasteiger partial charge in [0.05, 0.1) is 0 Å². The molecular weight excluding hydrogens is 429 g/mol. The third-order valence-electron chi connectivity index (χ3n) is 3.00. The van der Waals surface area contributed by atoms with Crippen LogP contribution in [0.5, 0.6) is 0 Å². The molecule has 4 N–H and O–H groups in total. The Morgan fingerprint density at radius 1 is 1.52 bits per heavy atom. The van der Waals surface area contributed by atoms with E-state index in [1.165, 1.54) is 4.57 Å². The standard InChI is InChI=1S/C9H12ClFN2O9P2S/c10-5-3-13(8(25)12-7(5)14)6-1-2-9(11,21-6)4-20-24(18,19)22-23(15,16)17/h3,6H,1-2,4H2,(H,18,19)(H,12,14,25)(H2,15,16,17)/t6-,9+/m1/s1. The van der Waals surface area contributed by atoms with Crippen LogP contribution in [0.25, 0.3) is 0 Å². The van der Waals surface area contributed by atoms with Crippen LogP contribution < -0.4 is 5.56 Å². The zero-order chi connectivity index (χ0) is 19.0. The zero-order valence-corrected chi connectivity index (χ0v) is 15.4. The van der Waals surface area contributed by atoms with Crippen molar-refractivity contribution in [3.63, 3.8) is 0 Å². The first kappa shape index (κ1) is 20.8. The number of phosphoric acid groups is 2. The van der Waals surface area contributed by atoms with Gasteiger partial charge in [-0.3, -0.25) is 18.9 Å². The number of hydrogen-bond acceptors (Lipinski definition) is 7. The highest BCUT2D eigenvalue weighted by atomic mass is 35.5. The van der Waals surface area contributed by atoms with Gasteiger partial charge in [-0.05, 0) is 18.6 Å².